The molecule has 0 saturated carbocycles. The Morgan fingerprint density at radius 1 is 1.12 bits per heavy atom. The number of aryl methyl sites for hydroxylation is 1. The quantitative estimate of drug-likeness (QED) is 0.228. The summed E-state index contributed by atoms with van der Waals surface area (Å²) in [6.45, 7) is 4.39. The monoisotopic (exact) mass is 533 g/mol. The van der Waals surface area contributed by atoms with Crippen LogP contribution in [0.4, 0.5) is 9.39 Å². The lowest BCUT2D eigenvalue weighted by Crippen LogP contribution is -2.15. The van der Waals surface area contributed by atoms with Gasteiger partial charge in [-0.1, -0.05) is 25.1 Å². The number of carbonyl (C=O) groups excluding carboxylic acids is 2. The van der Waals surface area contributed by atoms with E-state index < -0.39 is 5.97 Å². The van der Waals surface area contributed by atoms with E-state index in [2.05, 4.69) is 28.2 Å². The lowest BCUT2D eigenvalue weighted by atomic mass is 10.0. The highest BCUT2D eigenvalue weighted by Gasteiger charge is 2.22. The van der Waals surface area contributed by atoms with Crippen molar-refractivity contribution in [3.63, 3.8) is 0 Å². The van der Waals surface area contributed by atoms with Crippen LogP contribution in [0.25, 0.3) is 11.1 Å². The molecule has 1 amide bonds. The molecule has 33 heavy (non-hydrogen) atoms. The van der Waals surface area contributed by atoms with Crippen LogP contribution < -0.4 is 10.1 Å². The van der Waals surface area contributed by atoms with Crippen LogP contribution in [-0.4, -0.2) is 25.1 Å². The molecule has 8 heteroatoms. The minimum atomic E-state index is -0.530. The molecule has 0 saturated heterocycles. The van der Waals surface area contributed by atoms with Crippen molar-refractivity contribution in [3.05, 3.63) is 69.3 Å². The van der Waals surface area contributed by atoms with Crippen molar-refractivity contribution in [1.82, 2.24) is 0 Å². The summed E-state index contributed by atoms with van der Waals surface area (Å²) in [4.78, 5) is 25.1. The maximum Gasteiger partial charge on any atom is 0.341 e. The molecule has 0 unspecified atom stereocenters. The van der Waals surface area contributed by atoms with E-state index >= 15 is 0 Å². The molecule has 3 aromatic rings. The number of anilines is 1. The first-order valence-corrected chi connectivity index (χ1v) is 12.4. The Bertz CT molecular complexity index is 1110. The van der Waals surface area contributed by atoms with Gasteiger partial charge in [0.25, 0.3) is 0 Å². The van der Waals surface area contributed by atoms with E-state index in [0.717, 1.165) is 16.6 Å². The van der Waals surface area contributed by atoms with E-state index in [9.17, 15) is 14.0 Å². The van der Waals surface area contributed by atoms with Gasteiger partial charge >= 0.3 is 5.97 Å². The van der Waals surface area contributed by atoms with Crippen molar-refractivity contribution in [2.45, 2.75) is 33.1 Å². The molecule has 0 aliphatic rings. The van der Waals surface area contributed by atoms with Crippen LogP contribution in [-0.2, 0) is 16.0 Å². The van der Waals surface area contributed by atoms with Gasteiger partial charge in [0.1, 0.15) is 22.1 Å². The lowest BCUT2D eigenvalue weighted by Gasteiger charge is -2.10. The van der Waals surface area contributed by atoms with E-state index in [1.54, 1.807) is 24.4 Å². The first-order chi connectivity index (χ1) is 15.9. The van der Waals surface area contributed by atoms with Crippen molar-refractivity contribution in [2.24, 2.45) is 0 Å². The normalized spacial score (nSPS) is 10.7. The van der Waals surface area contributed by atoms with Gasteiger partial charge in [0.15, 0.2) is 0 Å². The van der Waals surface area contributed by atoms with Crippen LogP contribution in [0, 0.1) is 5.82 Å². The highest BCUT2D eigenvalue weighted by Crippen LogP contribution is 2.36. The number of hydrogen-bond acceptors (Lipinski definition) is 5. The number of nitrogens with one attached hydrogen (secondary N) is 1. The molecule has 0 atom stereocenters. The number of carbonyl (C=O) groups is 2. The third-order valence-electron chi connectivity index (χ3n) is 4.89. The summed E-state index contributed by atoms with van der Waals surface area (Å²) in [6, 6.07) is 11.8. The Labute approximate surface area is 205 Å². The van der Waals surface area contributed by atoms with Gasteiger partial charge in [-0.05, 0) is 71.1 Å². The SMILES string of the molecule is CCOC(=O)c1c(-c2ccc(F)cc2)csc1NC(=O)CCCOc1ccc(CC)cc1Br. The van der Waals surface area contributed by atoms with E-state index in [4.69, 9.17) is 9.47 Å². The first-order valence-electron chi connectivity index (χ1n) is 10.7. The molecule has 2 aromatic carbocycles. The molecule has 1 aromatic heterocycles. The molecular weight excluding hydrogens is 509 g/mol. The number of rotatable bonds is 10. The van der Waals surface area contributed by atoms with Gasteiger partial charge in [-0.3, -0.25) is 4.79 Å². The largest absolute Gasteiger partial charge is 0.492 e. The van der Waals surface area contributed by atoms with E-state index in [1.165, 1.54) is 29.0 Å². The fourth-order valence-electron chi connectivity index (χ4n) is 3.18. The summed E-state index contributed by atoms with van der Waals surface area (Å²) in [5, 5.41) is 4.99. The summed E-state index contributed by atoms with van der Waals surface area (Å²) in [6.07, 6.45) is 1.69. The van der Waals surface area contributed by atoms with Gasteiger partial charge in [0.05, 0.1) is 17.7 Å². The van der Waals surface area contributed by atoms with Gasteiger partial charge < -0.3 is 14.8 Å². The maximum atomic E-state index is 13.3. The Kier molecular flexibility index (Phi) is 9.03. The molecular formula is C25H25BrFNO4S. The molecule has 5 nitrogen and oxygen atoms in total. The van der Waals surface area contributed by atoms with Gasteiger partial charge in [-0.25, -0.2) is 9.18 Å². The lowest BCUT2D eigenvalue weighted by molar-refractivity contribution is -0.116. The topological polar surface area (TPSA) is 64.6 Å². The van der Waals surface area contributed by atoms with Crippen molar-refractivity contribution < 1.29 is 23.5 Å². The van der Waals surface area contributed by atoms with Crippen LogP contribution in [0.1, 0.15) is 42.6 Å². The van der Waals surface area contributed by atoms with Crippen LogP contribution in [0.3, 0.4) is 0 Å². The van der Waals surface area contributed by atoms with E-state index in [-0.39, 0.29) is 30.3 Å². The number of ether oxygens (including phenoxy) is 2. The molecule has 0 aliphatic carbocycles. The molecule has 0 aliphatic heterocycles. The van der Waals surface area contributed by atoms with Crippen LogP contribution in [0.15, 0.2) is 52.3 Å². The average Bonchev–Trinajstić information content (AvgIpc) is 3.21. The molecule has 0 fully saturated rings. The van der Waals surface area contributed by atoms with E-state index in [1.807, 2.05) is 18.2 Å². The zero-order valence-corrected chi connectivity index (χ0v) is 20.9. The van der Waals surface area contributed by atoms with Crippen molar-refractivity contribution in [3.8, 4) is 16.9 Å². The zero-order valence-electron chi connectivity index (χ0n) is 18.5. The summed E-state index contributed by atoms with van der Waals surface area (Å²) in [7, 11) is 0. The molecule has 0 radical (unpaired) electrons. The minimum Gasteiger partial charge on any atom is -0.492 e. The van der Waals surface area contributed by atoms with Crippen molar-refractivity contribution in [2.75, 3.05) is 18.5 Å². The third kappa shape index (κ3) is 6.65. The highest BCUT2D eigenvalue weighted by atomic mass is 79.9. The second-order valence-electron chi connectivity index (χ2n) is 7.20. The van der Waals surface area contributed by atoms with Gasteiger partial charge in [-0.15, -0.1) is 11.3 Å². The van der Waals surface area contributed by atoms with Crippen LogP contribution >= 0.6 is 27.3 Å². The van der Waals surface area contributed by atoms with Crippen LogP contribution in [0.5, 0.6) is 5.75 Å². The Morgan fingerprint density at radius 2 is 1.88 bits per heavy atom. The molecule has 3 rings (SSSR count). The Hall–Kier alpha value is -2.71. The molecule has 0 spiro atoms. The van der Waals surface area contributed by atoms with Crippen molar-refractivity contribution >= 4 is 44.1 Å². The number of halogens is 2. The number of amides is 1. The fraction of sp³-hybridized carbons (Fsp3) is 0.280. The smallest absolute Gasteiger partial charge is 0.341 e. The van der Waals surface area contributed by atoms with Gasteiger partial charge in [-0.2, -0.15) is 0 Å². The second-order valence-corrected chi connectivity index (χ2v) is 8.93. The molecule has 174 valence electrons. The number of hydrogen-bond donors (Lipinski definition) is 1. The summed E-state index contributed by atoms with van der Waals surface area (Å²) < 4.78 is 25.2. The average molecular weight is 534 g/mol. The molecule has 0 bridgehead atoms. The first kappa shape index (κ1) is 24.9. The summed E-state index contributed by atoms with van der Waals surface area (Å²) in [5.74, 6) is -0.385. The van der Waals surface area contributed by atoms with E-state index in [0.29, 0.717) is 29.2 Å². The number of esters is 1. The predicted octanol–water partition coefficient (Wildman–Crippen LogP) is 6.85. The van der Waals surface area contributed by atoms with Crippen LogP contribution in [0.2, 0.25) is 0 Å². The fourth-order valence-corrected chi connectivity index (χ4v) is 4.70. The molecule has 1 heterocycles. The molecule has 1 N–H and O–H groups in total. The number of benzene rings is 2. The Balaban J connectivity index is 1.63. The van der Waals surface area contributed by atoms with Crippen molar-refractivity contribution in [1.29, 1.82) is 0 Å². The summed E-state index contributed by atoms with van der Waals surface area (Å²) >= 11 is 4.74. The van der Waals surface area contributed by atoms with Gasteiger partial charge in [0.2, 0.25) is 5.91 Å². The minimum absolute atomic E-state index is 0.205. The third-order valence-corrected chi connectivity index (χ3v) is 6.40. The summed E-state index contributed by atoms with van der Waals surface area (Å²) in [5.41, 5.74) is 2.75. The zero-order chi connectivity index (χ0) is 23.8. The predicted molar refractivity (Wildman–Crippen MR) is 133 cm³/mol. The number of thiophene rings is 1. The Morgan fingerprint density at radius 3 is 2.55 bits per heavy atom. The second kappa shape index (κ2) is 12.0. The highest BCUT2D eigenvalue weighted by molar-refractivity contribution is 9.10. The maximum absolute atomic E-state index is 13.3. The standard InChI is InChI=1S/C25H25BrFNO4S/c1-3-16-7-12-21(20(26)14-16)32-13-5-6-22(29)28-24-23(25(30)31-4-2)19(15-33-24)17-8-10-18(27)11-9-17/h7-12,14-15H,3-6,13H2,1-2H3,(H,28,29). The van der Waals surface area contributed by atoms with Gasteiger partial charge in [0, 0.05) is 17.4 Å².